The molecule has 3 aromatic rings. The number of amides is 1. The van der Waals surface area contributed by atoms with Crippen LogP contribution in [0.15, 0.2) is 53.1 Å². The molecule has 0 spiro atoms. The molecule has 0 atom stereocenters. The van der Waals surface area contributed by atoms with Crippen molar-refractivity contribution in [2.75, 3.05) is 31.1 Å². The number of carbonyl (C=O) groups excluding carboxylic acids is 1. The maximum atomic E-state index is 13.1. The molecule has 0 N–H and O–H groups in total. The smallest absolute Gasteiger partial charge is 0.253 e. The topological polar surface area (TPSA) is 62.5 Å². The van der Waals surface area contributed by atoms with Gasteiger partial charge in [0.05, 0.1) is 0 Å². The summed E-state index contributed by atoms with van der Waals surface area (Å²) >= 11 is 5.98. The lowest BCUT2D eigenvalue weighted by atomic mass is 9.85. The molecule has 0 bridgehead atoms. The summed E-state index contributed by atoms with van der Waals surface area (Å²) in [5.74, 6) is 1.70. The van der Waals surface area contributed by atoms with Crippen molar-refractivity contribution in [2.24, 2.45) is 0 Å². The predicted molar refractivity (Wildman–Crippen MR) is 116 cm³/mol. The van der Waals surface area contributed by atoms with Crippen molar-refractivity contribution in [3.63, 3.8) is 0 Å². The fourth-order valence-corrected chi connectivity index (χ4v) is 4.09. The summed E-state index contributed by atoms with van der Waals surface area (Å²) in [5.41, 5.74) is 2.60. The Labute approximate surface area is 180 Å². The quantitative estimate of drug-likeness (QED) is 0.613. The van der Waals surface area contributed by atoms with Gasteiger partial charge < -0.3 is 14.3 Å². The number of nitrogens with zero attached hydrogens (tertiary/aromatic N) is 4. The molecule has 2 fully saturated rings. The van der Waals surface area contributed by atoms with Gasteiger partial charge in [0.25, 0.3) is 5.91 Å². The van der Waals surface area contributed by atoms with Crippen LogP contribution >= 0.6 is 11.6 Å². The fraction of sp³-hybridized carbons (Fsp3) is 0.348. The van der Waals surface area contributed by atoms with Crippen molar-refractivity contribution in [3.05, 3.63) is 65.0 Å². The summed E-state index contributed by atoms with van der Waals surface area (Å²) in [6.45, 7) is 2.95. The van der Waals surface area contributed by atoms with Crippen LogP contribution in [0.5, 0.6) is 0 Å². The van der Waals surface area contributed by atoms with E-state index in [4.69, 9.17) is 16.1 Å². The molecule has 30 heavy (non-hydrogen) atoms. The van der Waals surface area contributed by atoms with Crippen molar-refractivity contribution in [2.45, 2.75) is 25.2 Å². The molecule has 1 aromatic heterocycles. The summed E-state index contributed by atoms with van der Waals surface area (Å²) in [6, 6.07) is 15.4. The zero-order chi connectivity index (χ0) is 20.5. The Morgan fingerprint density at radius 1 is 1.03 bits per heavy atom. The second-order valence-corrected chi connectivity index (χ2v) is 8.36. The third-order valence-electron chi connectivity index (χ3n) is 6.02. The van der Waals surface area contributed by atoms with E-state index < -0.39 is 0 Å². The van der Waals surface area contributed by atoms with Gasteiger partial charge in [0.2, 0.25) is 11.7 Å². The highest BCUT2D eigenvalue weighted by atomic mass is 35.5. The van der Waals surface area contributed by atoms with Crippen LogP contribution in [0.2, 0.25) is 5.02 Å². The van der Waals surface area contributed by atoms with E-state index >= 15 is 0 Å². The number of carbonyl (C=O) groups is 1. The van der Waals surface area contributed by atoms with Gasteiger partial charge in [0.15, 0.2) is 0 Å². The highest BCUT2D eigenvalue weighted by Gasteiger charge is 2.26. The van der Waals surface area contributed by atoms with Gasteiger partial charge in [-0.05, 0) is 49.2 Å². The van der Waals surface area contributed by atoms with Crippen molar-refractivity contribution >= 4 is 23.2 Å². The molecule has 7 heteroatoms. The number of halogens is 1. The van der Waals surface area contributed by atoms with E-state index in [1.54, 1.807) is 0 Å². The minimum atomic E-state index is 0.0373. The zero-order valence-corrected chi connectivity index (χ0v) is 17.4. The summed E-state index contributed by atoms with van der Waals surface area (Å²) in [6.07, 6.45) is 3.45. The highest BCUT2D eigenvalue weighted by molar-refractivity contribution is 6.30. The number of rotatable bonds is 4. The third kappa shape index (κ3) is 3.79. The number of anilines is 1. The normalized spacial score (nSPS) is 17.1. The molecule has 1 amide bonds. The Balaban J connectivity index is 1.26. The summed E-state index contributed by atoms with van der Waals surface area (Å²) in [5, 5.41) is 4.86. The molecule has 2 aliphatic rings. The third-order valence-corrected chi connectivity index (χ3v) is 6.27. The van der Waals surface area contributed by atoms with Crippen molar-refractivity contribution in [1.29, 1.82) is 0 Å². The van der Waals surface area contributed by atoms with E-state index in [0.717, 1.165) is 42.2 Å². The first-order chi connectivity index (χ1) is 14.7. The molecule has 6 nitrogen and oxygen atoms in total. The maximum Gasteiger partial charge on any atom is 0.253 e. The minimum Gasteiger partial charge on any atom is -0.368 e. The van der Waals surface area contributed by atoms with E-state index in [1.165, 1.54) is 6.42 Å². The van der Waals surface area contributed by atoms with E-state index in [-0.39, 0.29) is 5.91 Å². The molecule has 1 saturated heterocycles. The van der Waals surface area contributed by atoms with Gasteiger partial charge in [0.1, 0.15) is 0 Å². The molecule has 2 heterocycles. The van der Waals surface area contributed by atoms with Crippen LogP contribution in [-0.4, -0.2) is 47.1 Å². The van der Waals surface area contributed by atoms with Crippen molar-refractivity contribution < 1.29 is 9.32 Å². The number of hydrogen-bond donors (Lipinski definition) is 0. The standard InChI is InChI=1S/C23H23ClN4O2/c24-19-7-9-20(10-8-19)27-11-13-28(14-12-27)23(29)18-6-2-5-17(15-18)21-25-22(30-26-21)16-3-1-4-16/h2,5-10,15-16H,1,3-4,11-14H2. The van der Waals surface area contributed by atoms with Crippen LogP contribution in [0, 0.1) is 0 Å². The van der Waals surface area contributed by atoms with E-state index in [0.29, 0.717) is 36.3 Å². The molecule has 1 aliphatic carbocycles. The first kappa shape index (κ1) is 19.1. The molecular weight excluding hydrogens is 400 g/mol. The molecule has 5 rings (SSSR count). The molecular formula is C23H23ClN4O2. The van der Waals surface area contributed by atoms with Gasteiger partial charge in [-0.1, -0.05) is 35.3 Å². The van der Waals surface area contributed by atoms with Crippen LogP contribution in [0.25, 0.3) is 11.4 Å². The van der Waals surface area contributed by atoms with Crippen LogP contribution in [0.1, 0.15) is 41.4 Å². The number of aromatic nitrogens is 2. The molecule has 154 valence electrons. The first-order valence-electron chi connectivity index (χ1n) is 10.4. The largest absolute Gasteiger partial charge is 0.368 e. The second-order valence-electron chi connectivity index (χ2n) is 7.92. The lowest BCUT2D eigenvalue weighted by molar-refractivity contribution is 0.0747. The van der Waals surface area contributed by atoms with Gasteiger partial charge in [-0.15, -0.1) is 0 Å². The Bertz CT molecular complexity index is 1040. The highest BCUT2D eigenvalue weighted by Crippen LogP contribution is 2.36. The predicted octanol–water partition coefficient (Wildman–Crippen LogP) is 4.62. The lowest BCUT2D eigenvalue weighted by Crippen LogP contribution is -2.48. The minimum absolute atomic E-state index is 0.0373. The zero-order valence-electron chi connectivity index (χ0n) is 16.6. The Kier molecular flexibility index (Phi) is 5.17. The molecule has 0 unspecified atom stereocenters. The van der Waals surface area contributed by atoms with Gasteiger partial charge >= 0.3 is 0 Å². The Morgan fingerprint density at radius 3 is 2.50 bits per heavy atom. The summed E-state index contributed by atoms with van der Waals surface area (Å²) in [4.78, 5) is 21.8. The van der Waals surface area contributed by atoms with Crippen LogP contribution < -0.4 is 4.90 Å². The average Bonchev–Trinajstić information content (AvgIpc) is 3.22. The maximum absolute atomic E-state index is 13.1. The Hall–Kier alpha value is -2.86. The van der Waals surface area contributed by atoms with Gasteiger partial charge in [-0.25, -0.2) is 0 Å². The Morgan fingerprint density at radius 2 is 1.80 bits per heavy atom. The van der Waals surface area contributed by atoms with Gasteiger partial charge in [0, 0.05) is 53.9 Å². The lowest BCUT2D eigenvalue weighted by Gasteiger charge is -2.36. The summed E-state index contributed by atoms with van der Waals surface area (Å²) < 4.78 is 5.43. The second kappa shape index (κ2) is 8.11. The van der Waals surface area contributed by atoms with E-state index in [2.05, 4.69) is 15.0 Å². The average molecular weight is 423 g/mol. The van der Waals surface area contributed by atoms with Crippen LogP contribution in [0.4, 0.5) is 5.69 Å². The summed E-state index contributed by atoms with van der Waals surface area (Å²) in [7, 11) is 0. The molecule has 0 radical (unpaired) electrons. The fourth-order valence-electron chi connectivity index (χ4n) is 3.97. The monoisotopic (exact) mass is 422 g/mol. The van der Waals surface area contributed by atoms with E-state index in [1.807, 2.05) is 53.4 Å². The number of hydrogen-bond acceptors (Lipinski definition) is 5. The number of piperazine rings is 1. The van der Waals surface area contributed by atoms with E-state index in [9.17, 15) is 4.79 Å². The molecule has 1 aliphatic heterocycles. The molecule has 2 aromatic carbocycles. The first-order valence-corrected chi connectivity index (χ1v) is 10.8. The van der Waals surface area contributed by atoms with Crippen LogP contribution in [0.3, 0.4) is 0 Å². The van der Waals surface area contributed by atoms with Crippen molar-refractivity contribution in [3.8, 4) is 11.4 Å². The van der Waals surface area contributed by atoms with Gasteiger partial charge in [-0.3, -0.25) is 4.79 Å². The number of benzene rings is 2. The van der Waals surface area contributed by atoms with Crippen molar-refractivity contribution in [1.82, 2.24) is 15.0 Å². The molecule has 1 saturated carbocycles. The van der Waals surface area contributed by atoms with Crippen LogP contribution in [-0.2, 0) is 0 Å². The SMILES string of the molecule is O=C(c1cccc(-c2noc(C3CCC3)n2)c1)N1CCN(c2ccc(Cl)cc2)CC1. The van der Waals surface area contributed by atoms with Gasteiger partial charge in [-0.2, -0.15) is 4.98 Å².